The zero-order valence-corrected chi connectivity index (χ0v) is 21.1. The molecule has 1 aliphatic carbocycles. The van der Waals surface area contributed by atoms with Crippen LogP contribution in [0.3, 0.4) is 0 Å². The largest absolute Gasteiger partial charge is 0.456 e. The molecule has 0 radical (unpaired) electrons. The van der Waals surface area contributed by atoms with E-state index in [9.17, 15) is 0 Å². The summed E-state index contributed by atoms with van der Waals surface area (Å²) in [6.07, 6.45) is 8.65. The molecular weight excluding hydrogens is 464 g/mol. The lowest BCUT2D eigenvalue weighted by Gasteiger charge is -2.10. The monoisotopic (exact) mass is 490 g/mol. The molecule has 1 aliphatic rings. The van der Waals surface area contributed by atoms with Crippen LogP contribution in [0.15, 0.2) is 95.5 Å². The lowest BCUT2D eigenvalue weighted by molar-refractivity contribution is 0.546. The molecule has 0 N–H and O–H groups in total. The third-order valence-corrected chi connectivity index (χ3v) is 8.92. The van der Waals surface area contributed by atoms with Gasteiger partial charge in [0.25, 0.3) is 0 Å². The Morgan fingerprint density at radius 3 is 2.45 bits per heavy atom. The summed E-state index contributed by atoms with van der Waals surface area (Å²) in [6, 6.07) is 30.8. The minimum Gasteiger partial charge on any atom is -0.456 e. The minimum atomic E-state index is 0.827. The van der Waals surface area contributed by atoms with Gasteiger partial charge in [-0.2, -0.15) is 0 Å². The maximum Gasteiger partial charge on any atom is 0.136 e. The fourth-order valence-electron chi connectivity index (χ4n) is 7.24. The maximum absolute atomic E-state index is 6.43. The first-order valence-electron chi connectivity index (χ1n) is 13.8. The van der Waals surface area contributed by atoms with Gasteiger partial charge < -0.3 is 8.82 Å². The van der Waals surface area contributed by atoms with Gasteiger partial charge in [0, 0.05) is 44.1 Å². The van der Waals surface area contributed by atoms with Crippen molar-refractivity contribution in [2.45, 2.75) is 32.1 Å². The van der Waals surface area contributed by atoms with Crippen LogP contribution < -0.4 is 0 Å². The van der Waals surface area contributed by atoms with Gasteiger partial charge in [-0.3, -0.25) is 4.98 Å². The van der Waals surface area contributed by atoms with Crippen molar-refractivity contribution >= 4 is 60.0 Å². The Morgan fingerprint density at radius 1 is 0.711 bits per heavy atom. The summed E-state index contributed by atoms with van der Waals surface area (Å²) in [7, 11) is 0. The summed E-state index contributed by atoms with van der Waals surface area (Å²) in [6.45, 7) is 0. The van der Waals surface area contributed by atoms with Gasteiger partial charge in [-0.05, 0) is 60.4 Å². The molecule has 8 aromatic rings. The van der Waals surface area contributed by atoms with Crippen LogP contribution in [0.1, 0.15) is 31.2 Å². The van der Waals surface area contributed by atoms with E-state index in [0.29, 0.717) is 0 Å². The summed E-state index contributed by atoms with van der Waals surface area (Å²) >= 11 is 0. The molecule has 1 fully saturated rings. The van der Waals surface area contributed by atoms with Crippen molar-refractivity contribution in [1.29, 1.82) is 0 Å². The zero-order valence-electron chi connectivity index (χ0n) is 21.1. The number of para-hydroxylation sites is 2. The van der Waals surface area contributed by atoms with Gasteiger partial charge in [0.1, 0.15) is 11.2 Å². The topological polar surface area (TPSA) is 30.4 Å². The molecule has 1 saturated carbocycles. The van der Waals surface area contributed by atoms with Crippen molar-refractivity contribution in [3.8, 4) is 11.3 Å². The molecule has 4 aromatic carbocycles. The van der Waals surface area contributed by atoms with E-state index in [1.165, 1.54) is 92.1 Å². The molecular formula is C35H26N2O. The Labute approximate surface area is 219 Å². The van der Waals surface area contributed by atoms with Gasteiger partial charge in [-0.15, -0.1) is 0 Å². The molecule has 182 valence electrons. The highest BCUT2D eigenvalue weighted by atomic mass is 16.3. The number of furan rings is 1. The lowest BCUT2D eigenvalue weighted by atomic mass is 9.97. The molecule has 0 aliphatic heterocycles. The van der Waals surface area contributed by atoms with Crippen molar-refractivity contribution in [1.82, 2.24) is 9.38 Å². The maximum atomic E-state index is 6.43. The number of hydrogen-bond donors (Lipinski definition) is 0. The second kappa shape index (κ2) is 7.58. The van der Waals surface area contributed by atoms with E-state index in [1.54, 1.807) is 0 Å². The fraction of sp³-hybridized carbons (Fsp3) is 0.171. The quantitative estimate of drug-likeness (QED) is 0.247. The molecule has 4 heterocycles. The van der Waals surface area contributed by atoms with Crippen LogP contribution in [0.4, 0.5) is 0 Å². The van der Waals surface area contributed by atoms with Crippen LogP contribution in [0.25, 0.3) is 71.3 Å². The number of nitrogens with zero attached hydrogens (tertiary/aromatic N) is 2. The van der Waals surface area contributed by atoms with Gasteiger partial charge in [0.05, 0.1) is 22.2 Å². The normalized spacial score (nSPS) is 14.9. The Bertz CT molecular complexity index is 2170. The Balaban J connectivity index is 1.33. The third-order valence-electron chi connectivity index (χ3n) is 8.92. The average Bonchev–Trinajstić information content (AvgIpc) is 3.73. The van der Waals surface area contributed by atoms with E-state index in [1.807, 2.05) is 12.3 Å². The predicted molar refractivity (Wildman–Crippen MR) is 157 cm³/mol. The number of hydrogen-bond acceptors (Lipinski definition) is 2. The van der Waals surface area contributed by atoms with Gasteiger partial charge in [-0.1, -0.05) is 68.1 Å². The van der Waals surface area contributed by atoms with Gasteiger partial charge >= 0.3 is 0 Å². The second-order valence-corrected chi connectivity index (χ2v) is 11.1. The fourth-order valence-corrected chi connectivity index (χ4v) is 7.24. The molecule has 9 rings (SSSR count). The molecule has 3 nitrogen and oxygen atoms in total. The summed E-state index contributed by atoms with van der Waals surface area (Å²) < 4.78 is 8.88. The molecule has 0 unspecified atom stereocenters. The molecule has 0 saturated heterocycles. The van der Waals surface area contributed by atoms with Crippen molar-refractivity contribution in [2.75, 3.05) is 0 Å². The van der Waals surface area contributed by atoms with Crippen LogP contribution in [0.2, 0.25) is 0 Å². The van der Waals surface area contributed by atoms with Crippen LogP contribution >= 0.6 is 0 Å². The number of fused-ring (bicyclic) bond motifs is 10. The minimum absolute atomic E-state index is 0.827. The highest BCUT2D eigenvalue weighted by molar-refractivity contribution is 6.34. The van der Waals surface area contributed by atoms with Gasteiger partial charge in [0.2, 0.25) is 0 Å². The molecule has 0 spiro atoms. The molecule has 4 aromatic heterocycles. The van der Waals surface area contributed by atoms with E-state index >= 15 is 0 Å². The van der Waals surface area contributed by atoms with Gasteiger partial charge in [-0.25, -0.2) is 0 Å². The van der Waals surface area contributed by atoms with E-state index in [-0.39, 0.29) is 0 Å². The van der Waals surface area contributed by atoms with E-state index < -0.39 is 0 Å². The molecule has 0 bridgehead atoms. The highest BCUT2D eigenvalue weighted by Crippen LogP contribution is 2.46. The number of aromatic nitrogens is 2. The Kier molecular flexibility index (Phi) is 4.12. The highest BCUT2D eigenvalue weighted by Gasteiger charge is 2.23. The molecule has 38 heavy (non-hydrogen) atoms. The smallest absolute Gasteiger partial charge is 0.136 e. The van der Waals surface area contributed by atoms with E-state index in [4.69, 9.17) is 9.40 Å². The standard InChI is InChI=1S/C35H26N2O/c1-2-8-21(7-1)17-22-15-16-36-28(18-22)23-13-14-30-26(19-23)27-20-32-33(25-10-4-6-12-31(25)38-32)34-24-9-3-5-11-29(24)37(30)35(27)34/h3-6,9-16,18-21H,1-2,7-8,17H2. The zero-order chi connectivity index (χ0) is 24.8. The van der Waals surface area contributed by atoms with Crippen LogP contribution in [0.5, 0.6) is 0 Å². The average molecular weight is 491 g/mol. The van der Waals surface area contributed by atoms with Gasteiger partial charge in [0.15, 0.2) is 0 Å². The molecule has 0 atom stereocenters. The van der Waals surface area contributed by atoms with Crippen LogP contribution in [-0.4, -0.2) is 9.38 Å². The lowest BCUT2D eigenvalue weighted by Crippen LogP contribution is -1.99. The van der Waals surface area contributed by atoms with Crippen molar-refractivity contribution in [3.05, 3.63) is 96.7 Å². The number of benzene rings is 4. The predicted octanol–water partition coefficient (Wildman–Crippen LogP) is 9.53. The van der Waals surface area contributed by atoms with Crippen LogP contribution in [0, 0.1) is 5.92 Å². The SMILES string of the molecule is c1ccc2c(c1)oc1cc3c4cc(-c5cc(CC6CCCC6)ccn5)ccc4n4c5ccccc5c(c12)c34. The summed E-state index contributed by atoms with van der Waals surface area (Å²) in [4.78, 5) is 4.80. The first kappa shape index (κ1) is 20.7. The van der Waals surface area contributed by atoms with E-state index in [2.05, 4.69) is 83.3 Å². The first-order chi connectivity index (χ1) is 18.8. The van der Waals surface area contributed by atoms with Crippen molar-refractivity contribution < 1.29 is 4.42 Å². The third kappa shape index (κ3) is 2.76. The Hall–Kier alpha value is -4.37. The van der Waals surface area contributed by atoms with Crippen LogP contribution in [-0.2, 0) is 6.42 Å². The Morgan fingerprint density at radius 2 is 1.53 bits per heavy atom. The summed E-state index contributed by atoms with van der Waals surface area (Å²) in [5, 5.41) is 7.44. The number of pyridine rings is 1. The van der Waals surface area contributed by atoms with E-state index in [0.717, 1.165) is 22.8 Å². The van der Waals surface area contributed by atoms with Crippen molar-refractivity contribution in [2.24, 2.45) is 5.92 Å². The van der Waals surface area contributed by atoms with Crippen molar-refractivity contribution in [3.63, 3.8) is 0 Å². The number of rotatable bonds is 3. The molecule has 0 amide bonds. The summed E-state index contributed by atoms with van der Waals surface area (Å²) in [5.74, 6) is 0.827. The first-order valence-corrected chi connectivity index (χ1v) is 13.8. The summed E-state index contributed by atoms with van der Waals surface area (Å²) in [5.41, 5.74) is 9.28. The second-order valence-electron chi connectivity index (χ2n) is 11.1. The molecule has 3 heteroatoms.